The average molecular weight is 333 g/mol. The number of carbonyl (C=O) groups excluding carboxylic acids is 1. The van der Waals surface area contributed by atoms with Crippen LogP contribution in [0.3, 0.4) is 0 Å². The maximum Gasteiger partial charge on any atom is 0.253 e. The van der Waals surface area contributed by atoms with E-state index < -0.39 is 0 Å². The fraction of sp³-hybridized carbons (Fsp3) is 0.333. The van der Waals surface area contributed by atoms with Crippen molar-refractivity contribution in [3.05, 3.63) is 70.8 Å². The monoisotopic (exact) mass is 333 g/mol. The van der Waals surface area contributed by atoms with Gasteiger partial charge in [0.2, 0.25) is 0 Å². The highest BCUT2D eigenvalue weighted by atomic mass is 16.2. The first-order chi connectivity index (χ1) is 12.2. The standard InChI is InChI=1S/C21H23N3O/c1-17-3-5-19(6-4-17)16-23-11-2-12-24(14-13-23)21(25)20-9-7-18(15-22)8-10-20/h3-10H,2,11-14,16H2,1H3. The molecule has 4 heteroatoms. The molecule has 2 aromatic carbocycles. The molecule has 0 N–H and O–H groups in total. The zero-order chi connectivity index (χ0) is 17.6. The molecule has 1 fully saturated rings. The minimum Gasteiger partial charge on any atom is -0.337 e. The van der Waals surface area contributed by atoms with Gasteiger partial charge in [-0.25, -0.2) is 0 Å². The molecule has 4 nitrogen and oxygen atoms in total. The van der Waals surface area contributed by atoms with Crippen LogP contribution in [0.15, 0.2) is 48.5 Å². The Hall–Kier alpha value is -2.64. The van der Waals surface area contributed by atoms with E-state index in [9.17, 15) is 4.79 Å². The first-order valence-corrected chi connectivity index (χ1v) is 8.73. The summed E-state index contributed by atoms with van der Waals surface area (Å²) < 4.78 is 0. The molecule has 0 atom stereocenters. The Morgan fingerprint density at radius 2 is 1.72 bits per heavy atom. The Bertz CT molecular complexity index is 759. The molecule has 3 rings (SSSR count). The van der Waals surface area contributed by atoms with Crippen molar-refractivity contribution in [2.75, 3.05) is 26.2 Å². The highest BCUT2D eigenvalue weighted by Crippen LogP contribution is 2.13. The van der Waals surface area contributed by atoms with E-state index in [4.69, 9.17) is 5.26 Å². The first kappa shape index (κ1) is 17.2. The van der Waals surface area contributed by atoms with Gasteiger partial charge in [-0.2, -0.15) is 5.26 Å². The topological polar surface area (TPSA) is 47.3 Å². The molecule has 0 bridgehead atoms. The second kappa shape index (κ2) is 7.96. The van der Waals surface area contributed by atoms with Gasteiger partial charge in [-0.05, 0) is 43.2 Å². The van der Waals surface area contributed by atoms with Gasteiger partial charge >= 0.3 is 0 Å². The normalized spacial score (nSPS) is 15.4. The Labute approximate surface area is 149 Å². The maximum absolute atomic E-state index is 12.7. The summed E-state index contributed by atoms with van der Waals surface area (Å²) in [5, 5.41) is 8.87. The largest absolute Gasteiger partial charge is 0.337 e. The fourth-order valence-corrected chi connectivity index (χ4v) is 3.15. The molecule has 0 aliphatic carbocycles. The molecule has 0 saturated carbocycles. The van der Waals surface area contributed by atoms with E-state index in [1.165, 1.54) is 11.1 Å². The van der Waals surface area contributed by atoms with E-state index in [1.54, 1.807) is 24.3 Å². The third-order valence-electron chi connectivity index (χ3n) is 4.66. The van der Waals surface area contributed by atoms with E-state index in [1.807, 2.05) is 4.90 Å². The van der Waals surface area contributed by atoms with Crippen LogP contribution >= 0.6 is 0 Å². The summed E-state index contributed by atoms with van der Waals surface area (Å²) >= 11 is 0. The lowest BCUT2D eigenvalue weighted by molar-refractivity contribution is 0.0761. The van der Waals surface area contributed by atoms with Crippen LogP contribution in [0.2, 0.25) is 0 Å². The Morgan fingerprint density at radius 3 is 2.40 bits per heavy atom. The number of nitriles is 1. The predicted molar refractivity (Wildman–Crippen MR) is 98.1 cm³/mol. The number of rotatable bonds is 3. The molecule has 1 heterocycles. The van der Waals surface area contributed by atoms with Crippen molar-refractivity contribution in [1.82, 2.24) is 9.80 Å². The second-order valence-electron chi connectivity index (χ2n) is 6.60. The van der Waals surface area contributed by atoms with Crippen molar-refractivity contribution in [1.29, 1.82) is 5.26 Å². The zero-order valence-electron chi connectivity index (χ0n) is 14.6. The number of carbonyl (C=O) groups is 1. The highest BCUT2D eigenvalue weighted by Gasteiger charge is 2.20. The average Bonchev–Trinajstić information content (AvgIpc) is 2.89. The summed E-state index contributed by atoms with van der Waals surface area (Å²) in [5.41, 5.74) is 3.83. The molecule has 0 aromatic heterocycles. The van der Waals surface area contributed by atoms with E-state index in [-0.39, 0.29) is 5.91 Å². The molecule has 1 aliphatic heterocycles. The van der Waals surface area contributed by atoms with Crippen LogP contribution in [0.4, 0.5) is 0 Å². The summed E-state index contributed by atoms with van der Waals surface area (Å²) in [4.78, 5) is 17.0. The van der Waals surface area contributed by atoms with Crippen LogP contribution in [0.5, 0.6) is 0 Å². The van der Waals surface area contributed by atoms with E-state index in [0.717, 1.165) is 39.1 Å². The highest BCUT2D eigenvalue weighted by molar-refractivity contribution is 5.94. The molecule has 1 saturated heterocycles. The maximum atomic E-state index is 12.7. The summed E-state index contributed by atoms with van der Waals surface area (Å²) in [6.07, 6.45) is 0.980. The molecule has 2 aromatic rings. The predicted octanol–water partition coefficient (Wildman–Crippen LogP) is 3.21. The van der Waals surface area contributed by atoms with Crippen LogP contribution in [-0.2, 0) is 6.54 Å². The van der Waals surface area contributed by atoms with Crippen LogP contribution in [0, 0.1) is 18.3 Å². The zero-order valence-corrected chi connectivity index (χ0v) is 14.6. The van der Waals surface area contributed by atoms with Crippen molar-refractivity contribution in [2.45, 2.75) is 19.9 Å². The molecule has 128 valence electrons. The molecule has 0 spiro atoms. The Balaban J connectivity index is 1.59. The summed E-state index contributed by atoms with van der Waals surface area (Å²) in [5.74, 6) is 0.0571. The lowest BCUT2D eigenvalue weighted by atomic mass is 10.1. The van der Waals surface area contributed by atoms with Gasteiger partial charge < -0.3 is 4.90 Å². The van der Waals surface area contributed by atoms with Gasteiger partial charge in [0, 0.05) is 38.3 Å². The van der Waals surface area contributed by atoms with Gasteiger partial charge in [-0.1, -0.05) is 29.8 Å². The van der Waals surface area contributed by atoms with Crippen LogP contribution in [0.1, 0.15) is 33.5 Å². The number of aryl methyl sites for hydroxylation is 1. The second-order valence-corrected chi connectivity index (χ2v) is 6.60. The third-order valence-corrected chi connectivity index (χ3v) is 4.66. The fourth-order valence-electron chi connectivity index (χ4n) is 3.15. The first-order valence-electron chi connectivity index (χ1n) is 8.73. The minimum absolute atomic E-state index is 0.0571. The molecule has 1 amide bonds. The lowest BCUT2D eigenvalue weighted by Gasteiger charge is -2.22. The molecule has 25 heavy (non-hydrogen) atoms. The Kier molecular flexibility index (Phi) is 5.47. The van der Waals surface area contributed by atoms with Gasteiger partial charge in [0.1, 0.15) is 0 Å². The molecular formula is C21H23N3O. The van der Waals surface area contributed by atoms with Gasteiger partial charge in [0.25, 0.3) is 5.91 Å². The number of hydrogen-bond acceptors (Lipinski definition) is 3. The number of hydrogen-bond donors (Lipinski definition) is 0. The van der Waals surface area contributed by atoms with E-state index >= 15 is 0 Å². The molecule has 0 unspecified atom stereocenters. The number of nitrogens with zero attached hydrogens (tertiary/aromatic N) is 3. The van der Waals surface area contributed by atoms with Crippen molar-refractivity contribution >= 4 is 5.91 Å². The quantitative estimate of drug-likeness (QED) is 0.866. The van der Waals surface area contributed by atoms with E-state index in [0.29, 0.717) is 11.1 Å². The van der Waals surface area contributed by atoms with Crippen LogP contribution in [-0.4, -0.2) is 41.9 Å². The summed E-state index contributed by atoms with van der Waals surface area (Å²) in [6.45, 7) is 6.44. The summed E-state index contributed by atoms with van der Waals surface area (Å²) in [7, 11) is 0. The number of amides is 1. The van der Waals surface area contributed by atoms with Gasteiger partial charge in [-0.15, -0.1) is 0 Å². The van der Waals surface area contributed by atoms with Crippen LogP contribution < -0.4 is 0 Å². The lowest BCUT2D eigenvalue weighted by Crippen LogP contribution is -2.35. The van der Waals surface area contributed by atoms with Crippen molar-refractivity contribution in [2.24, 2.45) is 0 Å². The molecular weight excluding hydrogens is 310 g/mol. The van der Waals surface area contributed by atoms with Crippen molar-refractivity contribution in [3.63, 3.8) is 0 Å². The molecule has 0 radical (unpaired) electrons. The molecule has 1 aliphatic rings. The minimum atomic E-state index is 0.0571. The third kappa shape index (κ3) is 4.46. The Morgan fingerprint density at radius 1 is 1.00 bits per heavy atom. The van der Waals surface area contributed by atoms with Gasteiger partial charge in [-0.3, -0.25) is 9.69 Å². The van der Waals surface area contributed by atoms with E-state index in [2.05, 4.69) is 42.2 Å². The van der Waals surface area contributed by atoms with Gasteiger partial charge in [0.15, 0.2) is 0 Å². The van der Waals surface area contributed by atoms with Gasteiger partial charge in [0.05, 0.1) is 11.6 Å². The van der Waals surface area contributed by atoms with Crippen LogP contribution in [0.25, 0.3) is 0 Å². The van der Waals surface area contributed by atoms with Crippen molar-refractivity contribution in [3.8, 4) is 6.07 Å². The van der Waals surface area contributed by atoms with Crippen molar-refractivity contribution < 1.29 is 4.79 Å². The SMILES string of the molecule is Cc1ccc(CN2CCCN(C(=O)c3ccc(C#N)cc3)CC2)cc1. The number of benzene rings is 2. The summed E-state index contributed by atoms with van der Waals surface area (Å²) in [6, 6.07) is 17.6. The smallest absolute Gasteiger partial charge is 0.253 e.